The summed E-state index contributed by atoms with van der Waals surface area (Å²) in [4.78, 5) is 23.9. The molecule has 0 radical (unpaired) electrons. The number of ether oxygens (including phenoxy) is 1. The van der Waals surface area contributed by atoms with Crippen molar-refractivity contribution < 1.29 is 23.8 Å². The van der Waals surface area contributed by atoms with Gasteiger partial charge in [-0.25, -0.2) is 14.0 Å². The monoisotopic (exact) mass is 383 g/mol. The van der Waals surface area contributed by atoms with Crippen LogP contribution in [0.5, 0.6) is 0 Å². The maximum atomic E-state index is 14.3. The molecule has 2 N–H and O–H groups in total. The van der Waals surface area contributed by atoms with E-state index in [1.54, 1.807) is 6.07 Å². The van der Waals surface area contributed by atoms with Crippen LogP contribution in [-0.2, 0) is 21.6 Å². The molecule has 3 saturated carbocycles. The fourth-order valence-corrected chi connectivity index (χ4v) is 5.10. The van der Waals surface area contributed by atoms with Crippen LogP contribution in [0.4, 0.5) is 9.18 Å². The van der Waals surface area contributed by atoms with E-state index in [1.165, 1.54) is 6.07 Å². The summed E-state index contributed by atoms with van der Waals surface area (Å²) in [7, 11) is 0. The number of carboxylic acids is 1. The average molecular weight is 383 g/mol. The molecule has 3 aliphatic carbocycles. The summed E-state index contributed by atoms with van der Waals surface area (Å²) in [6.45, 7) is 1.95. The van der Waals surface area contributed by atoms with Gasteiger partial charge < -0.3 is 15.2 Å². The Balaban J connectivity index is 1.41. The van der Waals surface area contributed by atoms with Crippen molar-refractivity contribution in [1.82, 2.24) is 5.32 Å². The van der Waals surface area contributed by atoms with Crippen molar-refractivity contribution in [3.8, 4) is 0 Å². The molecular formula is C22H22FNO4. The molecule has 0 saturated heterocycles. The third-order valence-electron chi connectivity index (χ3n) is 6.16. The number of hydrogen-bond acceptors (Lipinski definition) is 3. The Kier molecular flexibility index (Phi) is 4.37. The van der Waals surface area contributed by atoms with Gasteiger partial charge in [0.05, 0.1) is 0 Å². The SMILES string of the molecule is Cc1cccc(F)c1C12CC(C(NC(=O)OCc3ccccc3)C(=O)O)(C1)C2. The molecule has 5 nitrogen and oxygen atoms in total. The van der Waals surface area contributed by atoms with Crippen molar-refractivity contribution in [3.63, 3.8) is 0 Å². The fourth-order valence-electron chi connectivity index (χ4n) is 5.10. The highest BCUT2D eigenvalue weighted by Crippen LogP contribution is 2.75. The molecule has 146 valence electrons. The Morgan fingerprint density at radius 2 is 1.82 bits per heavy atom. The number of aliphatic carboxylic acids is 1. The van der Waals surface area contributed by atoms with Crippen molar-refractivity contribution >= 4 is 12.1 Å². The fraction of sp³-hybridized carbons (Fsp3) is 0.364. The second-order valence-electron chi connectivity index (χ2n) is 8.08. The maximum Gasteiger partial charge on any atom is 0.408 e. The zero-order chi connectivity index (χ0) is 19.9. The lowest BCUT2D eigenvalue weighted by molar-refractivity contribution is -0.184. The van der Waals surface area contributed by atoms with E-state index >= 15 is 0 Å². The van der Waals surface area contributed by atoms with Gasteiger partial charge in [-0.15, -0.1) is 0 Å². The van der Waals surface area contributed by atoms with Gasteiger partial charge in [-0.05, 0) is 48.9 Å². The van der Waals surface area contributed by atoms with Crippen molar-refractivity contribution in [1.29, 1.82) is 0 Å². The zero-order valence-corrected chi connectivity index (χ0v) is 15.6. The highest BCUT2D eigenvalue weighted by Gasteiger charge is 2.73. The van der Waals surface area contributed by atoms with Gasteiger partial charge in [-0.2, -0.15) is 0 Å². The first kappa shape index (κ1) is 18.5. The van der Waals surface area contributed by atoms with Gasteiger partial charge in [0.15, 0.2) is 0 Å². The number of alkyl carbamates (subject to hydrolysis) is 1. The van der Waals surface area contributed by atoms with Crippen LogP contribution >= 0.6 is 0 Å². The first-order valence-electron chi connectivity index (χ1n) is 9.31. The molecule has 1 unspecified atom stereocenters. The second kappa shape index (κ2) is 6.62. The summed E-state index contributed by atoms with van der Waals surface area (Å²) < 4.78 is 19.5. The quantitative estimate of drug-likeness (QED) is 0.792. The van der Waals surface area contributed by atoms with Gasteiger partial charge in [0.1, 0.15) is 18.5 Å². The van der Waals surface area contributed by atoms with Crippen LogP contribution in [0.15, 0.2) is 48.5 Å². The van der Waals surface area contributed by atoms with Gasteiger partial charge in [0, 0.05) is 10.8 Å². The molecule has 5 rings (SSSR count). The van der Waals surface area contributed by atoms with Crippen LogP contribution in [-0.4, -0.2) is 23.2 Å². The summed E-state index contributed by atoms with van der Waals surface area (Å²) in [5.41, 5.74) is 1.55. The van der Waals surface area contributed by atoms with Crippen LogP contribution in [0, 0.1) is 18.2 Å². The largest absolute Gasteiger partial charge is 0.480 e. The molecule has 2 aromatic carbocycles. The van der Waals surface area contributed by atoms with Crippen molar-refractivity contribution in [2.24, 2.45) is 5.41 Å². The molecule has 6 heteroatoms. The third-order valence-corrected chi connectivity index (χ3v) is 6.16. The minimum absolute atomic E-state index is 0.0738. The minimum Gasteiger partial charge on any atom is -0.480 e. The van der Waals surface area contributed by atoms with Gasteiger partial charge in [-0.1, -0.05) is 42.5 Å². The number of carboxylic acid groups (broad SMARTS) is 1. The number of benzene rings is 2. The van der Waals surface area contributed by atoms with Gasteiger partial charge in [0.25, 0.3) is 0 Å². The number of halogens is 1. The van der Waals surface area contributed by atoms with Gasteiger partial charge in [0.2, 0.25) is 0 Å². The van der Waals surface area contributed by atoms with Crippen molar-refractivity contribution in [3.05, 3.63) is 71.0 Å². The van der Waals surface area contributed by atoms with E-state index in [-0.39, 0.29) is 17.8 Å². The van der Waals surface area contributed by atoms with Crippen molar-refractivity contribution in [2.45, 2.75) is 44.2 Å². The molecule has 2 bridgehead atoms. The average Bonchev–Trinajstić information content (AvgIpc) is 2.60. The first-order valence-corrected chi connectivity index (χ1v) is 9.31. The molecule has 3 fully saturated rings. The Hall–Kier alpha value is -2.89. The van der Waals surface area contributed by atoms with E-state index in [4.69, 9.17) is 4.74 Å². The van der Waals surface area contributed by atoms with Gasteiger partial charge >= 0.3 is 12.1 Å². The number of carbonyl (C=O) groups excluding carboxylic acids is 1. The lowest BCUT2D eigenvalue weighted by atomic mass is 9.31. The van der Waals surface area contributed by atoms with E-state index in [2.05, 4.69) is 5.32 Å². The van der Waals surface area contributed by atoms with Crippen LogP contribution < -0.4 is 5.32 Å². The standard InChI is InChI=1S/C22H22FNO4/c1-14-6-5-9-16(23)17(14)21-11-22(12-21,13-21)18(19(25)26)24-20(27)28-10-15-7-3-2-4-8-15/h2-9,18H,10-13H2,1H3,(H,24,27)(H,25,26). The molecular weight excluding hydrogens is 361 g/mol. The lowest BCUT2D eigenvalue weighted by Gasteiger charge is -2.72. The Morgan fingerprint density at radius 1 is 1.14 bits per heavy atom. The van der Waals surface area contributed by atoms with E-state index in [0.29, 0.717) is 24.8 Å². The van der Waals surface area contributed by atoms with E-state index < -0.39 is 23.5 Å². The molecule has 28 heavy (non-hydrogen) atoms. The third kappa shape index (κ3) is 2.93. The molecule has 0 spiro atoms. The summed E-state index contributed by atoms with van der Waals surface area (Å²) in [5, 5.41) is 12.2. The molecule has 3 aliphatic rings. The normalized spacial score (nSPS) is 25.8. The number of hydrogen-bond donors (Lipinski definition) is 2. The Labute approximate surface area is 162 Å². The van der Waals surface area contributed by atoms with Crippen LogP contribution in [0.3, 0.4) is 0 Å². The number of nitrogens with one attached hydrogen (secondary N) is 1. The van der Waals surface area contributed by atoms with Crippen molar-refractivity contribution in [2.75, 3.05) is 0 Å². The number of amides is 1. The van der Waals surface area contributed by atoms with E-state index in [9.17, 15) is 19.1 Å². The smallest absolute Gasteiger partial charge is 0.408 e. The highest BCUT2D eigenvalue weighted by molar-refractivity contribution is 5.82. The predicted octanol–water partition coefficient (Wildman–Crippen LogP) is 3.94. The maximum absolute atomic E-state index is 14.3. The zero-order valence-electron chi connectivity index (χ0n) is 15.6. The second-order valence-corrected chi connectivity index (χ2v) is 8.08. The summed E-state index contributed by atoms with van der Waals surface area (Å²) in [5.74, 6) is -1.33. The van der Waals surface area contributed by atoms with E-state index in [1.807, 2.05) is 43.3 Å². The Morgan fingerprint density at radius 3 is 2.43 bits per heavy atom. The summed E-state index contributed by atoms with van der Waals surface area (Å²) in [6.07, 6.45) is 0.907. The number of carbonyl (C=O) groups is 2. The summed E-state index contributed by atoms with van der Waals surface area (Å²) >= 11 is 0. The van der Waals surface area contributed by atoms with Gasteiger partial charge in [-0.3, -0.25) is 0 Å². The Bertz CT molecular complexity index is 887. The van der Waals surface area contributed by atoms with Crippen LogP contribution in [0.25, 0.3) is 0 Å². The topological polar surface area (TPSA) is 75.6 Å². The molecule has 1 amide bonds. The van der Waals surface area contributed by atoms with E-state index in [0.717, 1.165) is 11.1 Å². The first-order chi connectivity index (χ1) is 13.4. The number of aryl methyl sites for hydroxylation is 1. The highest BCUT2D eigenvalue weighted by atomic mass is 19.1. The van der Waals surface area contributed by atoms with Crippen LogP contribution in [0.1, 0.15) is 36.0 Å². The molecule has 0 heterocycles. The number of rotatable bonds is 6. The van der Waals surface area contributed by atoms with Crippen LogP contribution in [0.2, 0.25) is 0 Å². The predicted molar refractivity (Wildman–Crippen MR) is 100 cm³/mol. The minimum atomic E-state index is -1.09. The molecule has 0 aliphatic heterocycles. The molecule has 0 aromatic heterocycles. The lowest BCUT2D eigenvalue weighted by Crippen LogP contribution is -2.73. The summed E-state index contributed by atoms with van der Waals surface area (Å²) in [6, 6.07) is 13.1. The molecule has 1 atom stereocenters. The molecule has 2 aromatic rings.